The predicted octanol–water partition coefficient (Wildman–Crippen LogP) is 2.23. The molecule has 88 valence electrons. The molecule has 0 aliphatic heterocycles. The first kappa shape index (κ1) is 11.4. The van der Waals surface area contributed by atoms with Gasteiger partial charge in [0, 0.05) is 11.3 Å². The molecule has 0 unspecified atom stereocenters. The van der Waals surface area contributed by atoms with Gasteiger partial charge in [0.25, 0.3) is 0 Å². The molecule has 0 radical (unpaired) electrons. The molecule has 0 spiro atoms. The summed E-state index contributed by atoms with van der Waals surface area (Å²) in [6.45, 7) is 1.65. The molecular weight excluding hydrogens is 216 g/mol. The zero-order chi connectivity index (χ0) is 12.3. The minimum atomic E-state index is -0.514. The summed E-state index contributed by atoms with van der Waals surface area (Å²) in [6, 6.07) is 10.6. The van der Waals surface area contributed by atoms with Crippen LogP contribution >= 0.6 is 0 Å². The van der Waals surface area contributed by atoms with Crippen molar-refractivity contribution in [3.63, 3.8) is 0 Å². The number of carbonyl (C=O) groups is 1. The smallest absolute Gasteiger partial charge is 0.240 e. The normalized spacial score (nSPS) is 12.1. The molecule has 0 aliphatic rings. The lowest BCUT2D eigenvalue weighted by Crippen LogP contribution is -2.32. The highest BCUT2D eigenvalue weighted by atomic mass is 16.3. The number of hydrogen-bond acceptors (Lipinski definition) is 3. The van der Waals surface area contributed by atoms with Gasteiger partial charge in [-0.05, 0) is 43.3 Å². The van der Waals surface area contributed by atoms with Gasteiger partial charge < -0.3 is 15.5 Å². The van der Waals surface area contributed by atoms with Crippen molar-refractivity contribution < 1.29 is 9.21 Å². The molecule has 0 aliphatic carbocycles. The van der Waals surface area contributed by atoms with Crippen LogP contribution in [0.25, 0.3) is 11.3 Å². The van der Waals surface area contributed by atoms with E-state index in [-0.39, 0.29) is 5.91 Å². The van der Waals surface area contributed by atoms with Gasteiger partial charge in [-0.15, -0.1) is 0 Å². The summed E-state index contributed by atoms with van der Waals surface area (Å²) in [4.78, 5) is 11.4. The second-order valence-electron chi connectivity index (χ2n) is 3.83. The zero-order valence-electron chi connectivity index (χ0n) is 9.51. The Morgan fingerprint density at radius 3 is 2.53 bits per heavy atom. The maximum Gasteiger partial charge on any atom is 0.240 e. The second-order valence-corrected chi connectivity index (χ2v) is 3.83. The van der Waals surface area contributed by atoms with Crippen molar-refractivity contribution in [3.05, 3.63) is 42.7 Å². The van der Waals surface area contributed by atoms with Gasteiger partial charge in [-0.1, -0.05) is 0 Å². The first-order valence-electron chi connectivity index (χ1n) is 5.37. The van der Waals surface area contributed by atoms with Crippen molar-refractivity contribution in [2.75, 3.05) is 5.32 Å². The van der Waals surface area contributed by atoms with Crippen LogP contribution in [0.1, 0.15) is 6.92 Å². The second kappa shape index (κ2) is 4.84. The number of anilines is 1. The van der Waals surface area contributed by atoms with E-state index in [4.69, 9.17) is 10.2 Å². The van der Waals surface area contributed by atoms with E-state index in [9.17, 15) is 4.79 Å². The SMILES string of the molecule is C[C@@H](N)C(=O)Nc1ccc(-c2ccco2)cc1. The molecule has 0 bridgehead atoms. The van der Waals surface area contributed by atoms with Gasteiger partial charge in [-0.2, -0.15) is 0 Å². The molecule has 1 aromatic carbocycles. The van der Waals surface area contributed by atoms with E-state index in [2.05, 4.69) is 5.32 Å². The average molecular weight is 230 g/mol. The molecule has 3 N–H and O–H groups in total. The Morgan fingerprint density at radius 1 is 1.29 bits per heavy atom. The van der Waals surface area contributed by atoms with Gasteiger partial charge in [0.15, 0.2) is 0 Å². The highest BCUT2D eigenvalue weighted by molar-refractivity contribution is 5.94. The van der Waals surface area contributed by atoms with Crippen LogP contribution in [-0.4, -0.2) is 11.9 Å². The molecule has 0 saturated carbocycles. The van der Waals surface area contributed by atoms with E-state index < -0.39 is 6.04 Å². The van der Waals surface area contributed by atoms with Crippen molar-refractivity contribution in [1.82, 2.24) is 0 Å². The van der Waals surface area contributed by atoms with Crippen LogP contribution in [-0.2, 0) is 4.79 Å². The Kier molecular flexibility index (Phi) is 3.25. The van der Waals surface area contributed by atoms with Crippen LogP contribution in [0.2, 0.25) is 0 Å². The largest absolute Gasteiger partial charge is 0.464 e. The van der Waals surface area contributed by atoms with Crippen molar-refractivity contribution in [2.24, 2.45) is 5.73 Å². The summed E-state index contributed by atoms with van der Waals surface area (Å²) in [7, 11) is 0. The van der Waals surface area contributed by atoms with Crippen LogP contribution < -0.4 is 11.1 Å². The van der Waals surface area contributed by atoms with Crippen molar-refractivity contribution in [3.8, 4) is 11.3 Å². The minimum absolute atomic E-state index is 0.198. The Balaban J connectivity index is 2.11. The lowest BCUT2D eigenvalue weighted by Gasteiger charge is -2.07. The zero-order valence-corrected chi connectivity index (χ0v) is 9.51. The van der Waals surface area contributed by atoms with Crippen LogP contribution in [0.4, 0.5) is 5.69 Å². The van der Waals surface area contributed by atoms with Crippen LogP contribution in [0.15, 0.2) is 47.1 Å². The number of hydrogen-bond donors (Lipinski definition) is 2. The molecule has 4 heteroatoms. The highest BCUT2D eigenvalue weighted by Crippen LogP contribution is 2.21. The first-order valence-corrected chi connectivity index (χ1v) is 5.37. The van der Waals surface area contributed by atoms with Gasteiger partial charge >= 0.3 is 0 Å². The third kappa shape index (κ3) is 2.73. The van der Waals surface area contributed by atoms with E-state index in [1.165, 1.54) is 0 Å². The fourth-order valence-electron chi connectivity index (χ4n) is 1.42. The highest BCUT2D eigenvalue weighted by Gasteiger charge is 2.07. The molecule has 1 atom stereocenters. The van der Waals surface area contributed by atoms with E-state index in [0.29, 0.717) is 0 Å². The molecule has 2 rings (SSSR count). The third-order valence-corrected chi connectivity index (χ3v) is 2.37. The Hall–Kier alpha value is -2.07. The van der Waals surface area contributed by atoms with E-state index in [1.54, 1.807) is 13.2 Å². The van der Waals surface area contributed by atoms with Crippen molar-refractivity contribution in [1.29, 1.82) is 0 Å². The average Bonchev–Trinajstić information content (AvgIpc) is 2.83. The number of nitrogens with two attached hydrogens (primary N) is 1. The summed E-state index contributed by atoms with van der Waals surface area (Å²) in [5, 5.41) is 2.72. The standard InChI is InChI=1S/C13H14N2O2/c1-9(14)13(16)15-11-6-4-10(5-7-11)12-3-2-8-17-12/h2-9H,14H2,1H3,(H,15,16)/t9-/m1/s1. The van der Waals surface area contributed by atoms with E-state index >= 15 is 0 Å². The summed E-state index contributed by atoms with van der Waals surface area (Å²) in [6.07, 6.45) is 1.63. The number of amides is 1. The number of furan rings is 1. The van der Waals surface area contributed by atoms with Crippen LogP contribution in [0.5, 0.6) is 0 Å². The van der Waals surface area contributed by atoms with Gasteiger partial charge in [0.2, 0.25) is 5.91 Å². The summed E-state index contributed by atoms with van der Waals surface area (Å²) in [5.74, 6) is 0.603. The predicted molar refractivity (Wildman–Crippen MR) is 66.4 cm³/mol. The van der Waals surface area contributed by atoms with Gasteiger partial charge in [-0.3, -0.25) is 4.79 Å². The molecule has 1 heterocycles. The molecule has 17 heavy (non-hydrogen) atoms. The molecule has 4 nitrogen and oxygen atoms in total. The summed E-state index contributed by atoms with van der Waals surface area (Å²) in [5.41, 5.74) is 7.15. The fraction of sp³-hybridized carbons (Fsp3) is 0.154. The number of rotatable bonds is 3. The lowest BCUT2D eigenvalue weighted by atomic mass is 10.1. The maximum absolute atomic E-state index is 11.4. The molecule has 1 aromatic heterocycles. The molecular formula is C13H14N2O2. The lowest BCUT2D eigenvalue weighted by molar-refractivity contribution is -0.117. The monoisotopic (exact) mass is 230 g/mol. The summed E-state index contributed by atoms with van der Waals surface area (Å²) >= 11 is 0. The minimum Gasteiger partial charge on any atom is -0.464 e. The van der Waals surface area contributed by atoms with Crippen molar-refractivity contribution >= 4 is 11.6 Å². The quantitative estimate of drug-likeness (QED) is 0.849. The number of nitrogens with one attached hydrogen (secondary N) is 1. The maximum atomic E-state index is 11.4. The third-order valence-electron chi connectivity index (χ3n) is 2.37. The van der Waals surface area contributed by atoms with Crippen molar-refractivity contribution in [2.45, 2.75) is 13.0 Å². The number of benzene rings is 1. The molecule has 0 fully saturated rings. The summed E-state index contributed by atoms with van der Waals surface area (Å²) < 4.78 is 5.27. The van der Waals surface area contributed by atoms with Gasteiger partial charge in [0.05, 0.1) is 12.3 Å². The van der Waals surface area contributed by atoms with Gasteiger partial charge in [0.1, 0.15) is 5.76 Å². The molecule has 0 saturated heterocycles. The topological polar surface area (TPSA) is 68.3 Å². The number of carbonyl (C=O) groups excluding carboxylic acids is 1. The Morgan fingerprint density at radius 2 is 2.00 bits per heavy atom. The fourth-order valence-corrected chi connectivity index (χ4v) is 1.42. The van der Waals surface area contributed by atoms with Gasteiger partial charge in [-0.25, -0.2) is 0 Å². The first-order chi connectivity index (χ1) is 8.16. The molecule has 1 amide bonds. The molecule has 2 aromatic rings. The van der Waals surface area contributed by atoms with Crippen LogP contribution in [0.3, 0.4) is 0 Å². The Labute approximate surface area is 99.4 Å². The Bertz CT molecular complexity index is 487. The van der Waals surface area contributed by atoms with E-state index in [0.717, 1.165) is 17.0 Å². The van der Waals surface area contributed by atoms with Crippen LogP contribution in [0, 0.1) is 0 Å². The van der Waals surface area contributed by atoms with E-state index in [1.807, 2.05) is 36.4 Å².